The molecule has 2 rings (SSSR count). The molecule has 2 aliphatic heterocycles. The van der Waals surface area contributed by atoms with E-state index in [4.69, 9.17) is 18.9 Å². The molecule has 10 nitrogen and oxygen atoms in total. The van der Waals surface area contributed by atoms with Gasteiger partial charge in [-0.3, -0.25) is 0 Å². The molecule has 160 valence electrons. The summed E-state index contributed by atoms with van der Waals surface area (Å²) in [4.78, 5) is 0. The summed E-state index contributed by atoms with van der Waals surface area (Å²) in [5, 5.41) is 52.2. The van der Waals surface area contributed by atoms with Crippen LogP contribution in [0.5, 0.6) is 0 Å². The number of ether oxygens (including phenoxy) is 4. The van der Waals surface area contributed by atoms with E-state index < -0.39 is 55.8 Å². The van der Waals surface area contributed by atoms with Gasteiger partial charge in [-0.2, -0.15) is 0 Å². The zero-order valence-corrected chi connectivity index (χ0v) is 16.0. The number of nitrogens with one attached hydrogen (secondary N) is 1. The molecule has 2 heterocycles. The predicted octanol–water partition coefficient (Wildman–Crippen LogP) is -2.46. The second-order valence-electron chi connectivity index (χ2n) is 7.07. The number of aliphatic hydroxyl groups is 5. The van der Waals surface area contributed by atoms with Crippen LogP contribution in [-0.4, -0.2) is 108 Å². The summed E-state index contributed by atoms with van der Waals surface area (Å²) in [6.07, 6.45) is -8.05. The van der Waals surface area contributed by atoms with E-state index in [1.54, 1.807) is 7.05 Å². The van der Waals surface area contributed by atoms with Gasteiger partial charge in [-0.15, -0.1) is 0 Å². The smallest absolute Gasteiger partial charge is 0.187 e. The summed E-state index contributed by atoms with van der Waals surface area (Å²) < 4.78 is 22.8. The van der Waals surface area contributed by atoms with E-state index >= 15 is 0 Å². The van der Waals surface area contributed by atoms with Crippen LogP contribution in [0.25, 0.3) is 0 Å². The van der Waals surface area contributed by atoms with Gasteiger partial charge < -0.3 is 49.8 Å². The lowest BCUT2D eigenvalue weighted by Gasteiger charge is -2.47. The van der Waals surface area contributed by atoms with Gasteiger partial charge in [0.2, 0.25) is 0 Å². The van der Waals surface area contributed by atoms with Gasteiger partial charge in [0.25, 0.3) is 0 Å². The van der Waals surface area contributed by atoms with Crippen molar-refractivity contribution in [1.82, 2.24) is 5.32 Å². The van der Waals surface area contributed by atoms with E-state index in [9.17, 15) is 25.5 Å². The van der Waals surface area contributed by atoms with Gasteiger partial charge in [0, 0.05) is 12.5 Å². The van der Waals surface area contributed by atoms with Gasteiger partial charge in [0.05, 0.1) is 25.4 Å². The number of hydrogen-bond donors (Lipinski definition) is 6. The molecule has 27 heavy (non-hydrogen) atoms. The van der Waals surface area contributed by atoms with Crippen LogP contribution in [0.2, 0.25) is 0 Å². The number of rotatable bonds is 8. The molecule has 0 aromatic rings. The normalized spacial score (nSPS) is 45.8. The van der Waals surface area contributed by atoms with E-state index in [2.05, 4.69) is 5.32 Å². The van der Waals surface area contributed by atoms with Crippen LogP contribution in [-0.2, 0) is 18.9 Å². The summed E-state index contributed by atoms with van der Waals surface area (Å²) in [7, 11) is 1.76. The van der Waals surface area contributed by atoms with Gasteiger partial charge >= 0.3 is 0 Å². The Morgan fingerprint density at radius 1 is 0.926 bits per heavy atom. The Balaban J connectivity index is 2.13. The van der Waals surface area contributed by atoms with Crippen LogP contribution in [0.15, 0.2) is 0 Å². The summed E-state index contributed by atoms with van der Waals surface area (Å²) >= 11 is 0. The van der Waals surface area contributed by atoms with Crippen molar-refractivity contribution in [2.45, 2.75) is 75.5 Å². The fraction of sp³-hybridized carbons (Fsp3) is 1.00. The SMILES string of the molecule is CCCOC1OC(CO)C(OC2OC(CO)C(O)C(O)C2O)C(C)C1NC. The van der Waals surface area contributed by atoms with Crippen LogP contribution in [0.3, 0.4) is 0 Å². The van der Waals surface area contributed by atoms with E-state index in [1.165, 1.54) is 0 Å². The van der Waals surface area contributed by atoms with Gasteiger partial charge in [0.15, 0.2) is 12.6 Å². The Morgan fingerprint density at radius 2 is 1.56 bits per heavy atom. The monoisotopic (exact) mass is 395 g/mol. The highest BCUT2D eigenvalue weighted by Crippen LogP contribution is 2.32. The van der Waals surface area contributed by atoms with E-state index in [0.717, 1.165) is 6.42 Å². The van der Waals surface area contributed by atoms with Crippen molar-refractivity contribution in [3.63, 3.8) is 0 Å². The van der Waals surface area contributed by atoms with Crippen molar-refractivity contribution in [3.05, 3.63) is 0 Å². The van der Waals surface area contributed by atoms with Crippen molar-refractivity contribution in [2.75, 3.05) is 26.9 Å². The third-order valence-corrected chi connectivity index (χ3v) is 5.19. The molecule has 0 amide bonds. The molecule has 0 radical (unpaired) electrons. The van der Waals surface area contributed by atoms with Crippen molar-refractivity contribution in [2.24, 2.45) is 5.92 Å². The maximum absolute atomic E-state index is 10.2. The summed E-state index contributed by atoms with van der Waals surface area (Å²) in [5.74, 6) is -0.199. The van der Waals surface area contributed by atoms with Crippen LogP contribution in [0.1, 0.15) is 20.3 Å². The molecule has 2 aliphatic rings. The third kappa shape index (κ3) is 4.96. The molecule has 2 fully saturated rings. The van der Waals surface area contributed by atoms with Crippen LogP contribution in [0, 0.1) is 5.92 Å². The van der Waals surface area contributed by atoms with Crippen LogP contribution >= 0.6 is 0 Å². The van der Waals surface area contributed by atoms with E-state index in [-0.39, 0.29) is 18.6 Å². The lowest BCUT2D eigenvalue weighted by atomic mass is 9.88. The first-order chi connectivity index (χ1) is 12.9. The molecule has 0 aromatic carbocycles. The summed E-state index contributed by atoms with van der Waals surface area (Å²) in [5.41, 5.74) is 0. The molecular weight excluding hydrogens is 362 g/mol. The lowest BCUT2D eigenvalue weighted by Crippen LogP contribution is -2.64. The fourth-order valence-electron chi connectivity index (χ4n) is 3.59. The molecule has 6 N–H and O–H groups in total. The van der Waals surface area contributed by atoms with Gasteiger partial charge in [0.1, 0.15) is 30.5 Å². The molecule has 2 saturated heterocycles. The molecule has 0 aromatic heterocycles. The average molecular weight is 395 g/mol. The minimum Gasteiger partial charge on any atom is -0.394 e. The Morgan fingerprint density at radius 3 is 2.11 bits per heavy atom. The number of aliphatic hydroxyl groups excluding tert-OH is 5. The van der Waals surface area contributed by atoms with Gasteiger partial charge in [-0.1, -0.05) is 13.8 Å². The maximum Gasteiger partial charge on any atom is 0.187 e. The molecule has 0 spiro atoms. The summed E-state index contributed by atoms with van der Waals surface area (Å²) in [6, 6.07) is -0.241. The van der Waals surface area contributed by atoms with Gasteiger partial charge in [-0.25, -0.2) is 0 Å². The largest absolute Gasteiger partial charge is 0.394 e. The van der Waals surface area contributed by atoms with Crippen LogP contribution in [0.4, 0.5) is 0 Å². The molecule has 0 aliphatic carbocycles. The predicted molar refractivity (Wildman–Crippen MR) is 92.6 cm³/mol. The van der Waals surface area contributed by atoms with Gasteiger partial charge in [-0.05, 0) is 13.5 Å². The topological polar surface area (TPSA) is 150 Å². The minimum atomic E-state index is -1.53. The first-order valence-electron chi connectivity index (χ1n) is 9.40. The fourth-order valence-corrected chi connectivity index (χ4v) is 3.59. The van der Waals surface area contributed by atoms with E-state index in [0.29, 0.717) is 6.61 Å². The Kier molecular flexibility index (Phi) is 8.81. The Labute approximate surface area is 159 Å². The highest BCUT2D eigenvalue weighted by atomic mass is 16.7. The zero-order valence-electron chi connectivity index (χ0n) is 16.0. The lowest BCUT2D eigenvalue weighted by molar-refractivity contribution is -0.342. The Bertz CT molecular complexity index is 441. The molecule has 0 bridgehead atoms. The molecule has 10 atom stereocenters. The summed E-state index contributed by atoms with van der Waals surface area (Å²) in [6.45, 7) is 3.50. The highest BCUT2D eigenvalue weighted by molar-refractivity contribution is 4.94. The number of likely N-dealkylation sites (N-methyl/N-ethyl adjacent to an activating group) is 1. The minimum absolute atomic E-state index is 0.199. The first kappa shape index (κ1) is 22.9. The quantitative estimate of drug-likeness (QED) is 0.261. The number of hydrogen-bond acceptors (Lipinski definition) is 10. The maximum atomic E-state index is 10.2. The van der Waals surface area contributed by atoms with Crippen molar-refractivity contribution in [3.8, 4) is 0 Å². The molecule has 0 saturated carbocycles. The van der Waals surface area contributed by atoms with Crippen LogP contribution < -0.4 is 5.32 Å². The molecule has 10 unspecified atom stereocenters. The second-order valence-corrected chi connectivity index (χ2v) is 7.07. The van der Waals surface area contributed by atoms with Crippen molar-refractivity contribution in [1.29, 1.82) is 0 Å². The zero-order chi connectivity index (χ0) is 20.1. The molecular formula is C17H33NO9. The first-order valence-corrected chi connectivity index (χ1v) is 9.40. The van der Waals surface area contributed by atoms with Crippen molar-refractivity contribution < 1.29 is 44.5 Å². The van der Waals surface area contributed by atoms with Crippen molar-refractivity contribution >= 4 is 0 Å². The second kappa shape index (κ2) is 10.4. The van der Waals surface area contributed by atoms with E-state index in [1.807, 2.05) is 13.8 Å². The highest BCUT2D eigenvalue weighted by Gasteiger charge is 2.49. The third-order valence-electron chi connectivity index (χ3n) is 5.19. The molecule has 10 heteroatoms. The standard InChI is InChI=1S/C17H33NO9/c1-4-5-24-16-11(18-3)8(2)15(10(7-20)26-16)27-17-14(23)13(22)12(21)9(6-19)25-17/h8-23H,4-7H2,1-3H3. The average Bonchev–Trinajstić information content (AvgIpc) is 2.67. The Hall–Kier alpha value is -0.400.